The number of carbonyl (C=O) groups excluding carboxylic acids is 3. The smallest absolute Gasteiger partial charge is 0.255 e. The van der Waals surface area contributed by atoms with E-state index in [9.17, 15) is 14.4 Å². The number of hydrogen-bond acceptors (Lipinski definition) is 5. The van der Waals surface area contributed by atoms with E-state index in [2.05, 4.69) is 28.8 Å². The molecule has 1 saturated heterocycles. The van der Waals surface area contributed by atoms with Gasteiger partial charge in [-0.2, -0.15) is 0 Å². The summed E-state index contributed by atoms with van der Waals surface area (Å²) in [6, 6.07) is 19.2. The summed E-state index contributed by atoms with van der Waals surface area (Å²) < 4.78 is 5.98. The van der Waals surface area contributed by atoms with E-state index in [0.29, 0.717) is 25.1 Å². The van der Waals surface area contributed by atoms with E-state index in [4.69, 9.17) is 4.42 Å². The molecular formula is C26H21N3O4. The van der Waals surface area contributed by atoms with Crippen LogP contribution in [0.1, 0.15) is 34.3 Å². The highest BCUT2D eigenvalue weighted by molar-refractivity contribution is 6.06. The first-order valence-electron chi connectivity index (χ1n) is 11.0. The van der Waals surface area contributed by atoms with Crippen molar-refractivity contribution in [1.82, 2.24) is 10.2 Å². The molecule has 3 amide bonds. The molecule has 7 nitrogen and oxygen atoms in total. The Morgan fingerprint density at radius 3 is 2.70 bits per heavy atom. The third-order valence-electron chi connectivity index (χ3n) is 6.46. The van der Waals surface area contributed by atoms with E-state index in [1.807, 2.05) is 36.4 Å². The van der Waals surface area contributed by atoms with Crippen molar-refractivity contribution in [3.8, 4) is 0 Å². The molecule has 4 aromatic rings. The summed E-state index contributed by atoms with van der Waals surface area (Å²) in [7, 11) is 0. The van der Waals surface area contributed by atoms with Gasteiger partial charge in [0, 0.05) is 41.5 Å². The van der Waals surface area contributed by atoms with E-state index in [0.717, 1.165) is 38.8 Å². The van der Waals surface area contributed by atoms with Crippen LogP contribution in [0.3, 0.4) is 0 Å². The molecule has 6 rings (SSSR count). The molecule has 0 radical (unpaired) electrons. The lowest BCUT2D eigenvalue weighted by atomic mass is 10.0. The van der Waals surface area contributed by atoms with Crippen LogP contribution in [0.2, 0.25) is 0 Å². The number of anilines is 1. The molecule has 1 atom stereocenters. The molecule has 2 aliphatic rings. The zero-order valence-corrected chi connectivity index (χ0v) is 17.8. The van der Waals surface area contributed by atoms with Crippen molar-refractivity contribution < 1.29 is 18.8 Å². The number of fused-ring (bicyclic) bond motifs is 4. The van der Waals surface area contributed by atoms with Crippen LogP contribution >= 0.6 is 0 Å². The summed E-state index contributed by atoms with van der Waals surface area (Å²) in [6.45, 7) is 0.970. The average Bonchev–Trinajstić information content (AvgIpc) is 3.34. The SMILES string of the molecule is O=C1CCC(N2Cc3cc(NCc4ccc5c(c4)oc4ccccc45)ccc3C2=O)C(=O)N1. The van der Waals surface area contributed by atoms with Gasteiger partial charge in [0.1, 0.15) is 17.2 Å². The summed E-state index contributed by atoms with van der Waals surface area (Å²) >= 11 is 0. The highest BCUT2D eigenvalue weighted by atomic mass is 16.3. The Balaban J connectivity index is 1.18. The van der Waals surface area contributed by atoms with Gasteiger partial charge < -0.3 is 14.6 Å². The number of carbonyl (C=O) groups is 3. The van der Waals surface area contributed by atoms with Crippen LogP contribution in [-0.2, 0) is 22.7 Å². The second-order valence-electron chi connectivity index (χ2n) is 8.55. The number of para-hydroxylation sites is 1. The quantitative estimate of drug-likeness (QED) is 0.470. The minimum absolute atomic E-state index is 0.165. The van der Waals surface area contributed by atoms with E-state index in [-0.39, 0.29) is 18.2 Å². The van der Waals surface area contributed by atoms with Gasteiger partial charge in [-0.1, -0.05) is 30.3 Å². The van der Waals surface area contributed by atoms with Crippen molar-refractivity contribution >= 4 is 45.3 Å². The second kappa shape index (κ2) is 7.48. The summed E-state index contributed by atoms with van der Waals surface area (Å²) in [5.74, 6) is -0.846. The molecule has 1 aromatic heterocycles. The Morgan fingerprint density at radius 1 is 0.970 bits per heavy atom. The summed E-state index contributed by atoms with van der Waals surface area (Å²) in [6.07, 6.45) is 0.610. The number of piperidine rings is 1. The van der Waals surface area contributed by atoms with Crippen LogP contribution in [0.15, 0.2) is 65.1 Å². The van der Waals surface area contributed by atoms with Crippen LogP contribution in [-0.4, -0.2) is 28.7 Å². The number of nitrogens with zero attached hydrogens (tertiary/aromatic N) is 1. The first-order chi connectivity index (χ1) is 16.1. The number of hydrogen-bond donors (Lipinski definition) is 2. The van der Waals surface area contributed by atoms with E-state index < -0.39 is 11.9 Å². The minimum atomic E-state index is -0.602. The molecular weight excluding hydrogens is 418 g/mol. The fourth-order valence-electron chi connectivity index (χ4n) is 4.77. The minimum Gasteiger partial charge on any atom is -0.456 e. The molecule has 0 aliphatic carbocycles. The van der Waals surface area contributed by atoms with Crippen LogP contribution in [0.5, 0.6) is 0 Å². The Morgan fingerprint density at radius 2 is 1.82 bits per heavy atom. The van der Waals surface area contributed by atoms with Gasteiger partial charge in [0.2, 0.25) is 11.8 Å². The molecule has 0 saturated carbocycles. The van der Waals surface area contributed by atoms with Crippen LogP contribution in [0.4, 0.5) is 5.69 Å². The highest BCUT2D eigenvalue weighted by Gasteiger charge is 2.39. The molecule has 33 heavy (non-hydrogen) atoms. The lowest BCUT2D eigenvalue weighted by Crippen LogP contribution is -2.52. The van der Waals surface area contributed by atoms with Crippen molar-refractivity contribution in [2.75, 3.05) is 5.32 Å². The van der Waals surface area contributed by atoms with Crippen molar-refractivity contribution in [3.63, 3.8) is 0 Å². The summed E-state index contributed by atoms with van der Waals surface area (Å²) in [5, 5.41) is 7.95. The maximum absolute atomic E-state index is 12.8. The molecule has 3 heterocycles. The van der Waals surface area contributed by atoms with Gasteiger partial charge in [-0.25, -0.2) is 0 Å². The number of furan rings is 1. The molecule has 7 heteroatoms. The van der Waals surface area contributed by atoms with E-state index >= 15 is 0 Å². The Kier molecular flexibility index (Phi) is 4.43. The van der Waals surface area contributed by atoms with Crippen LogP contribution in [0, 0.1) is 0 Å². The van der Waals surface area contributed by atoms with Gasteiger partial charge in [-0.15, -0.1) is 0 Å². The Labute approximate surface area is 189 Å². The van der Waals surface area contributed by atoms with Gasteiger partial charge in [0.05, 0.1) is 0 Å². The maximum atomic E-state index is 12.8. The molecule has 0 spiro atoms. The zero-order valence-electron chi connectivity index (χ0n) is 17.8. The molecule has 0 bridgehead atoms. The highest BCUT2D eigenvalue weighted by Crippen LogP contribution is 2.31. The molecule has 2 aliphatic heterocycles. The molecule has 164 valence electrons. The molecule has 1 unspecified atom stereocenters. The number of rotatable bonds is 4. The van der Waals surface area contributed by atoms with Gasteiger partial charge in [-0.3, -0.25) is 19.7 Å². The summed E-state index contributed by atoms with van der Waals surface area (Å²) in [4.78, 5) is 38.1. The fraction of sp³-hybridized carbons (Fsp3) is 0.192. The topological polar surface area (TPSA) is 91.7 Å². The molecule has 2 N–H and O–H groups in total. The Bertz CT molecular complexity index is 1450. The van der Waals surface area contributed by atoms with Gasteiger partial charge >= 0.3 is 0 Å². The number of nitrogens with one attached hydrogen (secondary N) is 2. The standard InChI is InChI=1S/C26H21N3O4/c30-24-10-9-21(25(31)28-24)29-14-16-12-17(6-8-18(16)26(29)32)27-13-15-5-7-20-19-3-1-2-4-22(19)33-23(20)11-15/h1-8,11-12,21,27H,9-10,13-14H2,(H,28,30,31). The third-order valence-corrected chi connectivity index (χ3v) is 6.46. The predicted octanol–water partition coefficient (Wildman–Crippen LogP) is 3.96. The maximum Gasteiger partial charge on any atom is 0.255 e. The number of benzene rings is 3. The fourth-order valence-corrected chi connectivity index (χ4v) is 4.77. The van der Waals surface area contributed by atoms with Gasteiger partial charge in [0.15, 0.2) is 0 Å². The van der Waals surface area contributed by atoms with Crippen molar-refractivity contribution in [3.05, 3.63) is 77.4 Å². The van der Waals surface area contributed by atoms with Crippen LogP contribution < -0.4 is 10.6 Å². The van der Waals surface area contributed by atoms with E-state index in [1.54, 1.807) is 11.0 Å². The Hall–Kier alpha value is -4.13. The number of amides is 3. The van der Waals surface area contributed by atoms with Gasteiger partial charge in [0.25, 0.3) is 5.91 Å². The van der Waals surface area contributed by atoms with Crippen molar-refractivity contribution in [2.45, 2.75) is 32.0 Å². The first-order valence-corrected chi connectivity index (χ1v) is 11.0. The zero-order chi connectivity index (χ0) is 22.5. The average molecular weight is 439 g/mol. The van der Waals surface area contributed by atoms with E-state index in [1.165, 1.54) is 0 Å². The predicted molar refractivity (Wildman–Crippen MR) is 124 cm³/mol. The molecule has 3 aromatic carbocycles. The monoisotopic (exact) mass is 439 g/mol. The van der Waals surface area contributed by atoms with Crippen molar-refractivity contribution in [1.29, 1.82) is 0 Å². The molecule has 1 fully saturated rings. The second-order valence-corrected chi connectivity index (χ2v) is 8.55. The van der Waals surface area contributed by atoms with Crippen LogP contribution in [0.25, 0.3) is 21.9 Å². The lowest BCUT2D eigenvalue weighted by molar-refractivity contribution is -0.136. The number of imide groups is 1. The lowest BCUT2D eigenvalue weighted by Gasteiger charge is -2.29. The largest absolute Gasteiger partial charge is 0.456 e. The third kappa shape index (κ3) is 3.33. The summed E-state index contributed by atoms with van der Waals surface area (Å²) in [5.41, 5.74) is 5.20. The normalized spacial score (nSPS) is 18.1. The van der Waals surface area contributed by atoms with Crippen molar-refractivity contribution in [2.24, 2.45) is 0 Å². The van der Waals surface area contributed by atoms with Gasteiger partial charge in [-0.05, 0) is 47.9 Å². The first kappa shape index (κ1) is 19.5.